The Hall–Kier alpha value is -1.07. The average molecular weight is 414 g/mol. The molecule has 1 amide bonds. The van der Waals surface area contributed by atoms with Crippen LogP contribution in [0.15, 0.2) is 48.5 Å². The number of hydrogen-bond donors (Lipinski definition) is 1. The van der Waals surface area contributed by atoms with Crippen LogP contribution in [0, 0.1) is 3.57 Å². The Balaban J connectivity index is 2.16. The minimum absolute atomic E-state index is 0.0294. The molecule has 0 saturated carbocycles. The summed E-state index contributed by atoms with van der Waals surface area (Å²) in [4.78, 5) is 12.4. The van der Waals surface area contributed by atoms with Crippen LogP contribution in [0.5, 0.6) is 0 Å². The van der Waals surface area contributed by atoms with Crippen molar-refractivity contribution in [2.45, 2.75) is 25.8 Å². The Kier molecular flexibility index (Phi) is 6.06. The second kappa shape index (κ2) is 7.80. The van der Waals surface area contributed by atoms with Gasteiger partial charge in [-0.25, -0.2) is 0 Å². The van der Waals surface area contributed by atoms with Gasteiger partial charge in [-0.05, 0) is 52.8 Å². The molecule has 0 fully saturated rings. The van der Waals surface area contributed by atoms with Crippen molar-refractivity contribution in [2.24, 2.45) is 0 Å². The minimum Gasteiger partial charge on any atom is -0.345 e. The Morgan fingerprint density at radius 1 is 1.24 bits per heavy atom. The monoisotopic (exact) mass is 413 g/mol. The van der Waals surface area contributed by atoms with Crippen LogP contribution in [0.4, 0.5) is 0 Å². The molecule has 0 radical (unpaired) electrons. The van der Waals surface area contributed by atoms with Gasteiger partial charge in [0.2, 0.25) is 0 Å². The Labute approximate surface area is 144 Å². The van der Waals surface area contributed by atoms with Gasteiger partial charge in [0.25, 0.3) is 5.91 Å². The summed E-state index contributed by atoms with van der Waals surface area (Å²) in [6.45, 7) is 2.11. The molecule has 1 atom stereocenters. The van der Waals surface area contributed by atoms with Gasteiger partial charge in [0.05, 0.1) is 11.1 Å². The summed E-state index contributed by atoms with van der Waals surface area (Å²) in [6.07, 6.45) is 1.92. The van der Waals surface area contributed by atoms with Crippen LogP contribution >= 0.6 is 34.2 Å². The molecule has 21 heavy (non-hydrogen) atoms. The first-order chi connectivity index (χ1) is 10.1. The number of benzene rings is 2. The van der Waals surface area contributed by atoms with Gasteiger partial charge in [0.15, 0.2) is 0 Å². The Bertz CT molecular complexity index is 615. The number of rotatable bonds is 5. The summed E-state index contributed by atoms with van der Waals surface area (Å²) in [5.74, 6) is -0.0874. The Morgan fingerprint density at radius 2 is 1.95 bits per heavy atom. The van der Waals surface area contributed by atoms with Gasteiger partial charge in [-0.3, -0.25) is 4.79 Å². The average Bonchev–Trinajstić information content (AvgIpc) is 2.50. The van der Waals surface area contributed by atoms with Crippen LogP contribution in [-0.2, 0) is 0 Å². The first-order valence-electron chi connectivity index (χ1n) is 6.92. The fraction of sp³-hybridized carbons (Fsp3) is 0.235. The lowest BCUT2D eigenvalue weighted by Gasteiger charge is -2.19. The molecule has 0 saturated heterocycles. The normalized spacial score (nSPS) is 12.0. The predicted molar refractivity (Wildman–Crippen MR) is 95.7 cm³/mol. The number of amides is 1. The third-order valence-electron chi connectivity index (χ3n) is 3.27. The van der Waals surface area contributed by atoms with E-state index < -0.39 is 0 Å². The molecule has 1 unspecified atom stereocenters. The van der Waals surface area contributed by atoms with E-state index in [1.165, 1.54) is 0 Å². The fourth-order valence-electron chi connectivity index (χ4n) is 2.18. The van der Waals surface area contributed by atoms with E-state index in [0.717, 1.165) is 22.0 Å². The van der Waals surface area contributed by atoms with E-state index in [0.29, 0.717) is 10.6 Å². The van der Waals surface area contributed by atoms with Gasteiger partial charge in [-0.15, -0.1) is 0 Å². The maximum atomic E-state index is 12.4. The maximum absolute atomic E-state index is 12.4. The topological polar surface area (TPSA) is 29.1 Å². The molecule has 2 nitrogen and oxygen atoms in total. The molecular formula is C17H17ClINO. The number of hydrogen-bond acceptors (Lipinski definition) is 1. The van der Waals surface area contributed by atoms with E-state index in [1.807, 2.05) is 36.4 Å². The quantitative estimate of drug-likeness (QED) is 0.669. The number of halogens is 2. The maximum Gasteiger partial charge on any atom is 0.251 e. The summed E-state index contributed by atoms with van der Waals surface area (Å²) in [6, 6.07) is 15.5. The van der Waals surface area contributed by atoms with Gasteiger partial charge < -0.3 is 5.32 Å². The summed E-state index contributed by atoms with van der Waals surface area (Å²) in [5, 5.41) is 3.70. The van der Waals surface area contributed by atoms with E-state index in [1.54, 1.807) is 12.1 Å². The third kappa shape index (κ3) is 4.45. The first kappa shape index (κ1) is 16.3. The van der Waals surface area contributed by atoms with Crippen LogP contribution in [0.3, 0.4) is 0 Å². The van der Waals surface area contributed by atoms with Crippen molar-refractivity contribution < 1.29 is 4.79 Å². The van der Waals surface area contributed by atoms with Crippen molar-refractivity contribution in [1.29, 1.82) is 0 Å². The molecule has 1 N–H and O–H groups in total. The highest BCUT2D eigenvalue weighted by Crippen LogP contribution is 2.22. The lowest BCUT2D eigenvalue weighted by atomic mass is 10.0. The lowest BCUT2D eigenvalue weighted by Crippen LogP contribution is -2.28. The molecule has 2 aromatic carbocycles. The molecule has 0 aliphatic rings. The molecule has 110 valence electrons. The van der Waals surface area contributed by atoms with Crippen molar-refractivity contribution in [3.05, 3.63) is 68.3 Å². The lowest BCUT2D eigenvalue weighted by molar-refractivity contribution is 0.0934. The molecular weight excluding hydrogens is 397 g/mol. The van der Waals surface area contributed by atoms with Crippen molar-refractivity contribution in [3.8, 4) is 0 Å². The second-order valence-corrected chi connectivity index (χ2v) is 6.42. The van der Waals surface area contributed by atoms with Crippen molar-refractivity contribution >= 4 is 40.1 Å². The largest absolute Gasteiger partial charge is 0.345 e. The molecule has 0 heterocycles. The Morgan fingerprint density at radius 3 is 2.57 bits per heavy atom. The molecule has 0 aliphatic heterocycles. The SMILES string of the molecule is CCCC(NC(=O)c1ccc(I)c(Cl)c1)c1ccccc1. The van der Waals surface area contributed by atoms with E-state index >= 15 is 0 Å². The summed E-state index contributed by atoms with van der Waals surface area (Å²) >= 11 is 8.23. The zero-order valence-electron chi connectivity index (χ0n) is 11.8. The van der Waals surface area contributed by atoms with Crippen LogP contribution in [0.1, 0.15) is 41.7 Å². The van der Waals surface area contributed by atoms with Gasteiger partial charge >= 0.3 is 0 Å². The zero-order valence-corrected chi connectivity index (χ0v) is 14.7. The van der Waals surface area contributed by atoms with Gasteiger partial charge in [0, 0.05) is 9.13 Å². The second-order valence-electron chi connectivity index (χ2n) is 4.85. The number of carbonyl (C=O) groups excluding carboxylic acids is 1. The molecule has 0 aliphatic carbocycles. The van der Waals surface area contributed by atoms with Crippen molar-refractivity contribution in [3.63, 3.8) is 0 Å². The molecule has 0 aromatic heterocycles. The summed E-state index contributed by atoms with van der Waals surface area (Å²) in [7, 11) is 0. The van der Waals surface area contributed by atoms with E-state index in [4.69, 9.17) is 11.6 Å². The van der Waals surface area contributed by atoms with Crippen molar-refractivity contribution in [1.82, 2.24) is 5.32 Å². The van der Waals surface area contributed by atoms with Crippen LogP contribution in [-0.4, -0.2) is 5.91 Å². The van der Waals surface area contributed by atoms with Crippen molar-refractivity contribution in [2.75, 3.05) is 0 Å². The molecule has 2 aromatic rings. The highest BCUT2D eigenvalue weighted by atomic mass is 127. The van der Waals surface area contributed by atoms with Gasteiger partial charge in [-0.1, -0.05) is 55.3 Å². The predicted octanol–water partition coefficient (Wildman–Crippen LogP) is 5.22. The third-order valence-corrected chi connectivity index (χ3v) is 4.84. The minimum atomic E-state index is -0.0874. The van der Waals surface area contributed by atoms with Gasteiger partial charge in [0.1, 0.15) is 0 Å². The molecule has 2 rings (SSSR count). The van der Waals surface area contributed by atoms with Crippen LogP contribution in [0.25, 0.3) is 0 Å². The van der Waals surface area contributed by atoms with E-state index in [2.05, 4.69) is 34.8 Å². The number of nitrogens with one attached hydrogen (secondary N) is 1. The zero-order chi connectivity index (χ0) is 15.2. The summed E-state index contributed by atoms with van der Waals surface area (Å²) in [5.41, 5.74) is 1.72. The fourth-order valence-corrected chi connectivity index (χ4v) is 2.69. The van der Waals surface area contributed by atoms with Crippen LogP contribution in [0.2, 0.25) is 5.02 Å². The van der Waals surface area contributed by atoms with E-state index in [-0.39, 0.29) is 11.9 Å². The smallest absolute Gasteiger partial charge is 0.251 e. The highest BCUT2D eigenvalue weighted by molar-refractivity contribution is 14.1. The standard InChI is InChI=1S/C17H17ClINO/c1-2-6-16(12-7-4-3-5-8-12)20-17(21)13-9-10-15(19)14(18)11-13/h3-5,7-11,16H,2,6H2,1H3,(H,20,21). The first-order valence-corrected chi connectivity index (χ1v) is 8.38. The highest BCUT2D eigenvalue weighted by Gasteiger charge is 2.15. The molecule has 4 heteroatoms. The van der Waals surface area contributed by atoms with Gasteiger partial charge in [-0.2, -0.15) is 0 Å². The summed E-state index contributed by atoms with van der Waals surface area (Å²) < 4.78 is 0.944. The van der Waals surface area contributed by atoms with E-state index in [9.17, 15) is 4.79 Å². The molecule has 0 spiro atoms. The van der Waals surface area contributed by atoms with Crippen LogP contribution < -0.4 is 5.32 Å². The molecule has 0 bridgehead atoms. The number of carbonyl (C=O) groups is 1.